The van der Waals surface area contributed by atoms with Gasteiger partial charge in [-0.25, -0.2) is 5.01 Å². The van der Waals surface area contributed by atoms with E-state index in [2.05, 4.69) is 52.2 Å². The first kappa shape index (κ1) is 16.4. The monoisotopic (exact) mass is 376 g/mol. The molecule has 0 saturated heterocycles. The van der Waals surface area contributed by atoms with Gasteiger partial charge in [-0.3, -0.25) is 0 Å². The van der Waals surface area contributed by atoms with Gasteiger partial charge in [0.05, 0.1) is 18.4 Å². The number of hydrogen-bond acceptors (Lipinski definition) is 5. The Kier molecular flexibility index (Phi) is 4.09. The summed E-state index contributed by atoms with van der Waals surface area (Å²) in [7, 11) is 0. The van der Waals surface area contributed by atoms with Crippen LogP contribution in [0, 0.1) is 0 Å². The molecule has 3 heterocycles. The normalized spacial score (nSPS) is 20.5. The number of ether oxygens (including phenoxy) is 2. The van der Waals surface area contributed by atoms with Crippen molar-refractivity contribution >= 4 is 17.0 Å². The van der Waals surface area contributed by atoms with Crippen LogP contribution in [0.1, 0.15) is 42.3 Å². The maximum Gasteiger partial charge on any atom is 0.214 e. The van der Waals surface area contributed by atoms with Gasteiger partial charge in [-0.15, -0.1) is 0 Å². The Morgan fingerprint density at radius 1 is 1.15 bits per heavy atom. The second-order valence-electron chi connectivity index (χ2n) is 6.67. The second kappa shape index (κ2) is 6.74. The molecule has 2 aliphatic rings. The molecule has 2 atom stereocenters. The number of thiophene rings is 1. The number of rotatable bonds is 4. The van der Waals surface area contributed by atoms with E-state index in [1.807, 2.05) is 25.1 Å². The van der Waals surface area contributed by atoms with Gasteiger partial charge in [-0.05, 0) is 59.6 Å². The van der Waals surface area contributed by atoms with Crippen molar-refractivity contribution in [2.45, 2.75) is 25.6 Å². The first-order chi connectivity index (χ1) is 13.3. The van der Waals surface area contributed by atoms with Gasteiger partial charge in [0, 0.05) is 17.5 Å². The third kappa shape index (κ3) is 2.88. The standard InChI is InChI=1S/C22H20N2O2S/c1-2-25-17-9-7-15(8-10-17)19-13-20-18-5-3-4-6-21(18)26-22(24(20)23-19)16-11-12-27-14-16/h3-12,14,20,22H,2,13H2,1H3/t20-,22+/m1/s1. The summed E-state index contributed by atoms with van der Waals surface area (Å²) in [5.74, 6) is 1.85. The van der Waals surface area contributed by atoms with Crippen molar-refractivity contribution in [1.82, 2.24) is 5.01 Å². The van der Waals surface area contributed by atoms with Crippen LogP contribution >= 0.6 is 11.3 Å². The van der Waals surface area contributed by atoms with Gasteiger partial charge in [-0.1, -0.05) is 18.2 Å². The zero-order chi connectivity index (χ0) is 18.2. The molecule has 0 unspecified atom stereocenters. The van der Waals surface area contributed by atoms with E-state index < -0.39 is 0 Å². The highest BCUT2D eigenvalue weighted by Gasteiger charge is 2.40. The van der Waals surface area contributed by atoms with E-state index >= 15 is 0 Å². The van der Waals surface area contributed by atoms with E-state index in [4.69, 9.17) is 14.6 Å². The Morgan fingerprint density at radius 2 is 2.00 bits per heavy atom. The van der Waals surface area contributed by atoms with Crippen LogP contribution in [0.2, 0.25) is 0 Å². The fourth-order valence-corrected chi connectivity index (χ4v) is 4.42. The largest absolute Gasteiger partial charge is 0.494 e. The molecular weight excluding hydrogens is 356 g/mol. The average Bonchev–Trinajstić information content (AvgIpc) is 3.39. The summed E-state index contributed by atoms with van der Waals surface area (Å²) in [6.45, 7) is 2.67. The molecule has 0 amide bonds. The highest BCUT2D eigenvalue weighted by atomic mass is 32.1. The van der Waals surface area contributed by atoms with Gasteiger partial charge in [0.25, 0.3) is 0 Å². The zero-order valence-electron chi connectivity index (χ0n) is 15.0. The fraction of sp³-hybridized carbons (Fsp3) is 0.227. The molecule has 0 aliphatic carbocycles. The predicted molar refractivity (Wildman–Crippen MR) is 107 cm³/mol. The van der Waals surface area contributed by atoms with E-state index in [-0.39, 0.29) is 12.3 Å². The van der Waals surface area contributed by atoms with Crippen LogP contribution in [-0.2, 0) is 0 Å². The minimum Gasteiger partial charge on any atom is -0.494 e. The first-order valence-corrected chi connectivity index (χ1v) is 10.1. The third-order valence-corrected chi connectivity index (χ3v) is 5.73. The van der Waals surface area contributed by atoms with Crippen LogP contribution in [-0.4, -0.2) is 17.3 Å². The molecule has 0 spiro atoms. The van der Waals surface area contributed by atoms with Crippen LogP contribution in [0.4, 0.5) is 0 Å². The molecule has 2 aromatic carbocycles. The van der Waals surface area contributed by atoms with E-state index in [0.717, 1.165) is 34.8 Å². The summed E-state index contributed by atoms with van der Waals surface area (Å²) in [4.78, 5) is 0. The van der Waals surface area contributed by atoms with Crippen molar-refractivity contribution in [3.63, 3.8) is 0 Å². The number of para-hydroxylation sites is 1. The minimum atomic E-state index is -0.184. The van der Waals surface area contributed by atoms with Crippen molar-refractivity contribution in [2.24, 2.45) is 5.10 Å². The summed E-state index contributed by atoms with van der Waals surface area (Å²) >= 11 is 1.68. The summed E-state index contributed by atoms with van der Waals surface area (Å²) in [6.07, 6.45) is 0.686. The van der Waals surface area contributed by atoms with Crippen molar-refractivity contribution in [3.05, 3.63) is 82.0 Å². The SMILES string of the molecule is CCOc1ccc(C2=NN3[C@H](C2)c2ccccc2O[C@H]3c2ccsc2)cc1. The summed E-state index contributed by atoms with van der Waals surface area (Å²) in [5, 5.41) is 11.3. The molecule has 0 fully saturated rings. The maximum absolute atomic E-state index is 6.33. The Labute approximate surface area is 162 Å². The van der Waals surface area contributed by atoms with Crippen molar-refractivity contribution in [2.75, 3.05) is 6.61 Å². The van der Waals surface area contributed by atoms with Gasteiger partial charge in [0.1, 0.15) is 11.5 Å². The van der Waals surface area contributed by atoms with Crippen LogP contribution in [0.25, 0.3) is 0 Å². The number of fused-ring (bicyclic) bond motifs is 3. The summed E-state index contributed by atoms with van der Waals surface area (Å²) < 4.78 is 11.9. The van der Waals surface area contributed by atoms with E-state index in [1.54, 1.807) is 11.3 Å². The zero-order valence-corrected chi connectivity index (χ0v) is 15.9. The average molecular weight is 376 g/mol. The molecule has 5 heteroatoms. The molecule has 5 rings (SSSR count). The number of hydrogen-bond donors (Lipinski definition) is 0. The molecule has 0 radical (unpaired) electrons. The lowest BCUT2D eigenvalue weighted by atomic mass is 9.96. The van der Waals surface area contributed by atoms with Gasteiger partial charge in [0.15, 0.2) is 0 Å². The second-order valence-corrected chi connectivity index (χ2v) is 7.45. The Hall–Kier alpha value is -2.79. The Morgan fingerprint density at radius 3 is 2.78 bits per heavy atom. The minimum absolute atomic E-state index is 0.184. The maximum atomic E-state index is 6.33. The molecule has 3 aromatic rings. The third-order valence-electron chi connectivity index (χ3n) is 5.03. The lowest BCUT2D eigenvalue weighted by Crippen LogP contribution is -2.33. The molecule has 0 saturated carbocycles. The lowest BCUT2D eigenvalue weighted by Gasteiger charge is -2.37. The fourth-order valence-electron chi connectivity index (χ4n) is 3.75. The Balaban J connectivity index is 1.52. The van der Waals surface area contributed by atoms with Crippen molar-refractivity contribution in [3.8, 4) is 11.5 Å². The molecular formula is C22H20N2O2S. The molecule has 0 bridgehead atoms. The Bertz CT molecular complexity index is 966. The van der Waals surface area contributed by atoms with Crippen LogP contribution in [0.5, 0.6) is 11.5 Å². The molecule has 27 heavy (non-hydrogen) atoms. The van der Waals surface area contributed by atoms with Crippen molar-refractivity contribution < 1.29 is 9.47 Å². The molecule has 136 valence electrons. The quantitative estimate of drug-likeness (QED) is 0.612. The van der Waals surface area contributed by atoms with Gasteiger partial charge >= 0.3 is 0 Å². The topological polar surface area (TPSA) is 34.1 Å². The summed E-state index contributed by atoms with van der Waals surface area (Å²) in [5.41, 5.74) is 4.57. The van der Waals surface area contributed by atoms with E-state index in [0.29, 0.717) is 6.61 Å². The van der Waals surface area contributed by atoms with Gasteiger partial charge in [-0.2, -0.15) is 16.4 Å². The summed E-state index contributed by atoms with van der Waals surface area (Å²) in [6, 6.07) is 18.8. The first-order valence-electron chi connectivity index (χ1n) is 9.20. The van der Waals surface area contributed by atoms with Gasteiger partial charge < -0.3 is 9.47 Å². The number of hydrazone groups is 1. The number of benzene rings is 2. The molecule has 2 aliphatic heterocycles. The highest BCUT2D eigenvalue weighted by molar-refractivity contribution is 7.07. The van der Waals surface area contributed by atoms with E-state index in [1.165, 1.54) is 5.56 Å². The molecule has 1 aromatic heterocycles. The van der Waals surface area contributed by atoms with Crippen LogP contribution in [0.3, 0.4) is 0 Å². The smallest absolute Gasteiger partial charge is 0.214 e. The van der Waals surface area contributed by atoms with Crippen LogP contribution in [0.15, 0.2) is 70.5 Å². The van der Waals surface area contributed by atoms with Crippen LogP contribution < -0.4 is 9.47 Å². The van der Waals surface area contributed by atoms with Crippen molar-refractivity contribution in [1.29, 1.82) is 0 Å². The van der Waals surface area contributed by atoms with E-state index in [9.17, 15) is 0 Å². The highest BCUT2D eigenvalue weighted by Crippen LogP contribution is 2.47. The van der Waals surface area contributed by atoms with Gasteiger partial charge in [0.2, 0.25) is 6.23 Å². The molecule has 0 N–H and O–H groups in total. The lowest BCUT2D eigenvalue weighted by molar-refractivity contribution is -0.0187. The predicted octanol–water partition coefficient (Wildman–Crippen LogP) is 5.39. The number of nitrogens with zero attached hydrogens (tertiary/aromatic N) is 2. The molecule has 4 nitrogen and oxygen atoms in total.